The Bertz CT molecular complexity index is 357. The molecule has 0 fully saturated rings. The maximum Gasteiger partial charge on any atom is 0.333 e. The van der Waals surface area contributed by atoms with Gasteiger partial charge in [0.1, 0.15) is 18.5 Å². The highest BCUT2D eigenvalue weighted by molar-refractivity contribution is 5.86. The van der Waals surface area contributed by atoms with E-state index in [1.165, 1.54) is 0 Å². The summed E-state index contributed by atoms with van der Waals surface area (Å²) in [5.41, 5.74) is 0.395. The van der Waals surface area contributed by atoms with Crippen molar-refractivity contribution in [3.8, 4) is 5.75 Å². The fourth-order valence-corrected chi connectivity index (χ4v) is 1.08. The van der Waals surface area contributed by atoms with Crippen molar-refractivity contribution in [1.29, 1.82) is 0 Å². The number of esters is 1. The SMILES string of the molecule is C=C(C)C(=O)OCC(C)Oc1ccccc1. The molecule has 0 N–H and O–H groups in total. The van der Waals surface area contributed by atoms with Crippen molar-refractivity contribution in [2.75, 3.05) is 6.61 Å². The van der Waals surface area contributed by atoms with Gasteiger partial charge in [0.2, 0.25) is 0 Å². The molecule has 0 aliphatic carbocycles. The van der Waals surface area contributed by atoms with E-state index in [1.54, 1.807) is 6.92 Å². The Labute approximate surface area is 95.7 Å². The van der Waals surface area contributed by atoms with Crippen LogP contribution in [-0.2, 0) is 9.53 Å². The van der Waals surface area contributed by atoms with Crippen LogP contribution in [0.2, 0.25) is 0 Å². The first kappa shape index (κ1) is 12.3. The Hall–Kier alpha value is -1.77. The van der Waals surface area contributed by atoms with Crippen LogP contribution in [0.4, 0.5) is 0 Å². The van der Waals surface area contributed by atoms with Gasteiger partial charge in [0.25, 0.3) is 0 Å². The third kappa shape index (κ3) is 4.17. The first-order valence-electron chi connectivity index (χ1n) is 5.14. The standard InChI is InChI=1S/C13H16O3/c1-10(2)13(14)15-9-11(3)16-12-7-5-4-6-8-12/h4-8,11H,1,9H2,2-3H3. The molecule has 0 aliphatic heterocycles. The molecule has 1 aromatic rings. The first-order chi connectivity index (χ1) is 7.59. The highest BCUT2D eigenvalue weighted by Crippen LogP contribution is 2.10. The smallest absolute Gasteiger partial charge is 0.333 e. The zero-order chi connectivity index (χ0) is 12.0. The molecular formula is C13H16O3. The molecule has 0 spiro atoms. The molecule has 3 heteroatoms. The van der Waals surface area contributed by atoms with Crippen molar-refractivity contribution in [2.24, 2.45) is 0 Å². The summed E-state index contributed by atoms with van der Waals surface area (Å²) in [6, 6.07) is 9.41. The third-order valence-electron chi connectivity index (χ3n) is 1.88. The van der Waals surface area contributed by atoms with Gasteiger partial charge in [0, 0.05) is 5.57 Å². The van der Waals surface area contributed by atoms with Crippen LogP contribution in [0.15, 0.2) is 42.5 Å². The van der Waals surface area contributed by atoms with Crippen LogP contribution < -0.4 is 4.74 Å². The fourth-order valence-electron chi connectivity index (χ4n) is 1.08. The second-order valence-electron chi connectivity index (χ2n) is 3.62. The number of carbonyl (C=O) groups excluding carboxylic acids is 1. The minimum atomic E-state index is -0.386. The molecular weight excluding hydrogens is 204 g/mol. The largest absolute Gasteiger partial charge is 0.487 e. The summed E-state index contributed by atoms with van der Waals surface area (Å²) in [4.78, 5) is 11.1. The van der Waals surface area contributed by atoms with Crippen molar-refractivity contribution < 1.29 is 14.3 Å². The molecule has 1 rings (SSSR count). The Morgan fingerprint density at radius 3 is 2.56 bits per heavy atom. The summed E-state index contributed by atoms with van der Waals surface area (Å²) in [5.74, 6) is 0.380. The van der Waals surface area contributed by atoms with Gasteiger partial charge in [-0.05, 0) is 26.0 Å². The molecule has 0 amide bonds. The zero-order valence-corrected chi connectivity index (χ0v) is 9.60. The van der Waals surface area contributed by atoms with Crippen LogP contribution in [-0.4, -0.2) is 18.7 Å². The molecule has 0 bridgehead atoms. The Kier molecular flexibility index (Phi) is 4.58. The number of ether oxygens (including phenoxy) is 2. The summed E-state index contributed by atoms with van der Waals surface area (Å²) in [6.45, 7) is 7.19. The summed E-state index contributed by atoms with van der Waals surface area (Å²) < 4.78 is 10.5. The number of hydrogen-bond donors (Lipinski definition) is 0. The molecule has 1 atom stereocenters. The summed E-state index contributed by atoms with van der Waals surface area (Å²) in [6.07, 6.45) is -0.175. The molecule has 1 unspecified atom stereocenters. The predicted octanol–water partition coefficient (Wildman–Crippen LogP) is 2.57. The molecule has 0 aromatic heterocycles. The molecule has 0 aliphatic rings. The zero-order valence-electron chi connectivity index (χ0n) is 9.60. The first-order valence-corrected chi connectivity index (χ1v) is 5.14. The molecule has 0 heterocycles. The number of para-hydroxylation sites is 1. The molecule has 0 saturated carbocycles. The van der Waals surface area contributed by atoms with Crippen molar-refractivity contribution in [3.63, 3.8) is 0 Å². The number of carbonyl (C=O) groups is 1. The van der Waals surface area contributed by atoms with E-state index in [9.17, 15) is 4.79 Å². The minimum absolute atomic E-state index is 0.175. The third-order valence-corrected chi connectivity index (χ3v) is 1.88. The lowest BCUT2D eigenvalue weighted by atomic mass is 10.3. The lowest BCUT2D eigenvalue weighted by Gasteiger charge is -2.14. The van der Waals surface area contributed by atoms with Crippen LogP contribution in [0.5, 0.6) is 5.75 Å². The molecule has 0 saturated heterocycles. The van der Waals surface area contributed by atoms with Gasteiger partial charge >= 0.3 is 5.97 Å². The van der Waals surface area contributed by atoms with E-state index in [2.05, 4.69) is 6.58 Å². The second-order valence-corrected chi connectivity index (χ2v) is 3.62. The van der Waals surface area contributed by atoms with E-state index in [0.717, 1.165) is 5.75 Å². The molecule has 1 aromatic carbocycles. The lowest BCUT2D eigenvalue weighted by molar-refractivity contribution is -0.141. The Morgan fingerprint density at radius 1 is 1.38 bits per heavy atom. The van der Waals surface area contributed by atoms with Gasteiger partial charge in [0.15, 0.2) is 0 Å². The quantitative estimate of drug-likeness (QED) is 0.565. The van der Waals surface area contributed by atoms with Crippen LogP contribution >= 0.6 is 0 Å². The molecule has 16 heavy (non-hydrogen) atoms. The monoisotopic (exact) mass is 220 g/mol. The van der Waals surface area contributed by atoms with Crippen LogP contribution in [0.25, 0.3) is 0 Å². The van der Waals surface area contributed by atoms with Gasteiger partial charge in [-0.1, -0.05) is 24.8 Å². The highest BCUT2D eigenvalue weighted by atomic mass is 16.6. The van der Waals surface area contributed by atoms with Gasteiger partial charge < -0.3 is 9.47 Å². The van der Waals surface area contributed by atoms with Gasteiger partial charge in [-0.25, -0.2) is 4.79 Å². The van der Waals surface area contributed by atoms with Gasteiger partial charge in [0.05, 0.1) is 0 Å². The maximum absolute atomic E-state index is 11.1. The van der Waals surface area contributed by atoms with E-state index in [4.69, 9.17) is 9.47 Å². The summed E-state index contributed by atoms with van der Waals surface area (Å²) in [7, 11) is 0. The molecule has 86 valence electrons. The van der Waals surface area contributed by atoms with Crippen molar-refractivity contribution in [3.05, 3.63) is 42.5 Å². The average molecular weight is 220 g/mol. The fraction of sp³-hybridized carbons (Fsp3) is 0.308. The predicted molar refractivity (Wildman–Crippen MR) is 62.3 cm³/mol. The number of rotatable bonds is 5. The highest BCUT2D eigenvalue weighted by Gasteiger charge is 2.08. The lowest BCUT2D eigenvalue weighted by Crippen LogP contribution is -2.21. The van der Waals surface area contributed by atoms with Crippen molar-refractivity contribution in [1.82, 2.24) is 0 Å². The Morgan fingerprint density at radius 2 is 2.00 bits per heavy atom. The van der Waals surface area contributed by atoms with Crippen LogP contribution in [0.1, 0.15) is 13.8 Å². The van der Waals surface area contributed by atoms with Gasteiger partial charge in [-0.2, -0.15) is 0 Å². The van der Waals surface area contributed by atoms with E-state index in [-0.39, 0.29) is 18.7 Å². The van der Waals surface area contributed by atoms with E-state index >= 15 is 0 Å². The molecule has 3 nitrogen and oxygen atoms in total. The van der Waals surface area contributed by atoms with E-state index in [0.29, 0.717) is 5.57 Å². The topological polar surface area (TPSA) is 35.5 Å². The average Bonchev–Trinajstić information content (AvgIpc) is 2.27. The number of benzene rings is 1. The minimum Gasteiger partial charge on any atom is -0.487 e. The maximum atomic E-state index is 11.1. The van der Waals surface area contributed by atoms with E-state index < -0.39 is 0 Å². The normalized spacial score (nSPS) is 11.6. The van der Waals surface area contributed by atoms with Crippen molar-refractivity contribution in [2.45, 2.75) is 20.0 Å². The van der Waals surface area contributed by atoms with E-state index in [1.807, 2.05) is 37.3 Å². The van der Waals surface area contributed by atoms with Gasteiger partial charge in [-0.3, -0.25) is 0 Å². The Balaban J connectivity index is 2.34. The summed E-state index contributed by atoms with van der Waals surface area (Å²) in [5, 5.41) is 0. The van der Waals surface area contributed by atoms with Crippen LogP contribution in [0, 0.1) is 0 Å². The molecule has 0 radical (unpaired) electrons. The van der Waals surface area contributed by atoms with Crippen LogP contribution in [0.3, 0.4) is 0 Å². The van der Waals surface area contributed by atoms with Gasteiger partial charge in [-0.15, -0.1) is 0 Å². The van der Waals surface area contributed by atoms with Crippen molar-refractivity contribution >= 4 is 5.97 Å². The summed E-state index contributed by atoms with van der Waals surface area (Å²) >= 11 is 0. The second kappa shape index (κ2) is 5.95. The number of hydrogen-bond acceptors (Lipinski definition) is 3.